The van der Waals surface area contributed by atoms with Crippen molar-refractivity contribution in [2.75, 3.05) is 51.0 Å². The zero-order valence-corrected chi connectivity index (χ0v) is 17.6. The van der Waals surface area contributed by atoms with Gasteiger partial charge in [-0.2, -0.15) is 4.37 Å². The molecule has 1 aromatic heterocycles. The summed E-state index contributed by atoms with van der Waals surface area (Å²) in [5.74, 6) is 2.24. The van der Waals surface area contributed by atoms with Gasteiger partial charge in [0, 0.05) is 13.1 Å². The van der Waals surface area contributed by atoms with Crippen LogP contribution in [0.4, 0.5) is 5.82 Å². The number of carbonyl (C=O) groups is 1. The molecule has 4 rings (SSSR count). The Bertz CT molecular complexity index is 830. The molecule has 0 spiro atoms. The van der Waals surface area contributed by atoms with E-state index in [1.54, 1.807) is 0 Å². The van der Waals surface area contributed by atoms with Crippen LogP contribution in [0.1, 0.15) is 18.5 Å². The lowest BCUT2D eigenvalue weighted by molar-refractivity contribution is -0.123. The third kappa shape index (κ3) is 5.20. The summed E-state index contributed by atoms with van der Waals surface area (Å²) in [6.45, 7) is 5.61. The molecule has 1 fully saturated rings. The van der Waals surface area contributed by atoms with Crippen molar-refractivity contribution in [3.05, 3.63) is 23.8 Å². The van der Waals surface area contributed by atoms with Crippen LogP contribution >= 0.6 is 24.1 Å². The van der Waals surface area contributed by atoms with E-state index < -0.39 is 0 Å². The largest absolute Gasteiger partial charge is 0.486 e. The predicted molar refractivity (Wildman–Crippen MR) is 110 cm³/mol. The fourth-order valence-electron chi connectivity index (χ4n) is 3.06. The summed E-state index contributed by atoms with van der Waals surface area (Å²) in [6, 6.07) is 5.47. The molecule has 11 heteroatoms. The number of benzene rings is 1. The molecule has 3 heterocycles. The van der Waals surface area contributed by atoms with Gasteiger partial charge in [0.1, 0.15) is 13.2 Å². The maximum Gasteiger partial charge on any atom is 0.271 e. The number of fused-ring (bicyclic) bond motifs is 1. The number of nitrogens with zero attached hydrogens (tertiary/aromatic N) is 3. The molecule has 158 valence electrons. The van der Waals surface area contributed by atoms with Crippen LogP contribution in [-0.4, -0.2) is 60.8 Å². The van der Waals surface area contributed by atoms with Crippen LogP contribution in [-0.2, 0) is 9.53 Å². The van der Waals surface area contributed by atoms with Crippen LogP contribution in [0.15, 0.2) is 18.2 Å². The van der Waals surface area contributed by atoms with E-state index >= 15 is 0 Å². The molecule has 2 aromatic rings. The monoisotopic (exact) mass is 442 g/mol. The normalized spacial score (nSPS) is 16.5. The third-order valence-electron chi connectivity index (χ3n) is 4.54. The quantitative estimate of drug-likeness (QED) is 0.723. The van der Waals surface area contributed by atoms with Crippen molar-refractivity contribution in [2.24, 2.45) is 0 Å². The second-order valence-corrected chi connectivity index (χ2v) is 7.00. The third-order valence-corrected chi connectivity index (χ3v) is 5.04. The van der Waals surface area contributed by atoms with Gasteiger partial charge in [-0.05, 0) is 24.6 Å². The van der Waals surface area contributed by atoms with Gasteiger partial charge in [0.25, 0.3) is 11.8 Å². The Balaban J connectivity index is 0.00000240. The van der Waals surface area contributed by atoms with E-state index in [0.29, 0.717) is 43.9 Å². The summed E-state index contributed by atoms with van der Waals surface area (Å²) in [4.78, 5) is 14.4. The fraction of sp³-hybridized carbons (Fsp3) is 0.500. The molecular formula is C18H23ClN4O5S. The smallest absolute Gasteiger partial charge is 0.271 e. The fourth-order valence-corrected chi connectivity index (χ4v) is 3.58. The van der Waals surface area contributed by atoms with Crippen molar-refractivity contribution in [2.45, 2.75) is 13.0 Å². The van der Waals surface area contributed by atoms with E-state index in [-0.39, 0.29) is 31.0 Å². The molecular weight excluding hydrogens is 420 g/mol. The number of anilines is 1. The molecule has 0 saturated carbocycles. The van der Waals surface area contributed by atoms with E-state index in [0.717, 1.165) is 36.1 Å². The summed E-state index contributed by atoms with van der Waals surface area (Å²) >= 11 is 1.07. The zero-order valence-electron chi connectivity index (χ0n) is 16.0. The first-order chi connectivity index (χ1) is 13.7. The summed E-state index contributed by atoms with van der Waals surface area (Å²) in [6.07, 6.45) is 0. The highest BCUT2D eigenvalue weighted by molar-refractivity contribution is 6.99. The molecule has 0 bridgehead atoms. The zero-order chi connectivity index (χ0) is 19.3. The molecule has 1 saturated heterocycles. The lowest BCUT2D eigenvalue weighted by atomic mass is 10.1. The Kier molecular flexibility index (Phi) is 7.34. The Morgan fingerprint density at radius 2 is 1.97 bits per heavy atom. The number of ether oxygens (including phenoxy) is 4. The molecule has 1 unspecified atom stereocenters. The number of aromatic nitrogens is 2. The van der Waals surface area contributed by atoms with Gasteiger partial charge in [0.05, 0.1) is 31.0 Å². The topological polar surface area (TPSA) is 95.0 Å². The second-order valence-electron chi connectivity index (χ2n) is 6.47. The average molecular weight is 443 g/mol. The molecule has 0 aliphatic carbocycles. The summed E-state index contributed by atoms with van der Waals surface area (Å²) in [5, 5.41) is 2.93. The SMILES string of the molecule is CC(NC(=O)COc1nsnc1N1CCOCC1)c1ccc2c(c1)OCCO2.Cl. The number of carbonyl (C=O) groups excluding carboxylic acids is 1. The highest BCUT2D eigenvalue weighted by Gasteiger charge is 2.21. The minimum absolute atomic E-state index is 0. The molecule has 9 nitrogen and oxygen atoms in total. The Labute approximate surface area is 179 Å². The van der Waals surface area contributed by atoms with E-state index in [1.165, 1.54) is 0 Å². The number of hydrogen-bond donors (Lipinski definition) is 1. The number of morpholine rings is 1. The lowest BCUT2D eigenvalue weighted by Crippen LogP contribution is -2.37. The first kappa shape index (κ1) is 21.4. The molecule has 2 aliphatic heterocycles. The summed E-state index contributed by atoms with van der Waals surface area (Å²) in [5.41, 5.74) is 0.932. The van der Waals surface area contributed by atoms with Crippen molar-refractivity contribution >= 4 is 35.9 Å². The van der Waals surface area contributed by atoms with Crippen molar-refractivity contribution in [1.82, 2.24) is 14.1 Å². The van der Waals surface area contributed by atoms with Crippen LogP contribution in [0.5, 0.6) is 17.4 Å². The van der Waals surface area contributed by atoms with E-state index in [9.17, 15) is 4.79 Å². The number of halogens is 1. The summed E-state index contributed by atoms with van der Waals surface area (Å²) < 4.78 is 30.5. The van der Waals surface area contributed by atoms with Crippen molar-refractivity contribution in [3.8, 4) is 17.4 Å². The number of amides is 1. The van der Waals surface area contributed by atoms with Gasteiger partial charge in [-0.1, -0.05) is 6.07 Å². The van der Waals surface area contributed by atoms with Crippen LogP contribution in [0.25, 0.3) is 0 Å². The number of rotatable bonds is 6. The van der Waals surface area contributed by atoms with Crippen LogP contribution < -0.4 is 24.4 Å². The minimum Gasteiger partial charge on any atom is -0.486 e. The lowest BCUT2D eigenvalue weighted by Gasteiger charge is -2.26. The number of hydrogen-bond acceptors (Lipinski definition) is 9. The molecule has 1 amide bonds. The van der Waals surface area contributed by atoms with Crippen LogP contribution in [0, 0.1) is 0 Å². The van der Waals surface area contributed by atoms with E-state index in [2.05, 4.69) is 19.0 Å². The average Bonchev–Trinajstić information content (AvgIpc) is 3.21. The Hall–Kier alpha value is -2.30. The van der Waals surface area contributed by atoms with Gasteiger partial charge in [-0.25, -0.2) is 0 Å². The highest BCUT2D eigenvalue weighted by atomic mass is 35.5. The van der Waals surface area contributed by atoms with Gasteiger partial charge in [0.15, 0.2) is 18.1 Å². The van der Waals surface area contributed by atoms with Crippen LogP contribution in [0.2, 0.25) is 0 Å². The van der Waals surface area contributed by atoms with Gasteiger partial charge in [-0.15, -0.1) is 16.8 Å². The van der Waals surface area contributed by atoms with Crippen molar-refractivity contribution < 1.29 is 23.7 Å². The summed E-state index contributed by atoms with van der Waals surface area (Å²) in [7, 11) is 0. The standard InChI is InChI=1S/C18H22N4O5S.ClH/c1-12(13-2-3-14-15(10-13)26-9-8-25-14)19-16(23)11-27-18-17(20-28-21-18)22-4-6-24-7-5-22;/h2-3,10,12H,4-9,11H2,1H3,(H,19,23);1H. The van der Waals surface area contributed by atoms with E-state index in [4.69, 9.17) is 18.9 Å². The molecule has 1 atom stereocenters. The van der Waals surface area contributed by atoms with Gasteiger partial charge in [0.2, 0.25) is 5.82 Å². The molecule has 29 heavy (non-hydrogen) atoms. The van der Waals surface area contributed by atoms with Gasteiger partial charge < -0.3 is 29.2 Å². The molecule has 1 aromatic carbocycles. The van der Waals surface area contributed by atoms with Gasteiger partial charge >= 0.3 is 0 Å². The van der Waals surface area contributed by atoms with Crippen LogP contribution in [0.3, 0.4) is 0 Å². The van der Waals surface area contributed by atoms with Crippen molar-refractivity contribution in [3.63, 3.8) is 0 Å². The molecule has 2 aliphatic rings. The molecule has 1 N–H and O–H groups in total. The minimum atomic E-state index is -0.233. The molecule has 0 radical (unpaired) electrons. The maximum absolute atomic E-state index is 12.3. The maximum atomic E-state index is 12.3. The first-order valence-corrected chi connectivity index (χ1v) is 9.90. The highest BCUT2D eigenvalue weighted by Crippen LogP contribution is 2.32. The number of nitrogens with one attached hydrogen (secondary N) is 1. The Morgan fingerprint density at radius 1 is 1.21 bits per heavy atom. The predicted octanol–water partition coefficient (Wildman–Crippen LogP) is 1.82. The first-order valence-electron chi connectivity index (χ1n) is 9.17. The Morgan fingerprint density at radius 3 is 2.76 bits per heavy atom. The van der Waals surface area contributed by atoms with Gasteiger partial charge in [-0.3, -0.25) is 4.79 Å². The van der Waals surface area contributed by atoms with E-state index in [1.807, 2.05) is 25.1 Å². The van der Waals surface area contributed by atoms with Crippen molar-refractivity contribution in [1.29, 1.82) is 0 Å². The second kappa shape index (κ2) is 9.95.